The number of hydrogen-bond donors (Lipinski definition) is 3. The van der Waals surface area contributed by atoms with E-state index in [1.807, 2.05) is 87.5 Å². The second-order valence-corrected chi connectivity index (χ2v) is 7.47. The first-order chi connectivity index (χ1) is 13.6. The van der Waals surface area contributed by atoms with Gasteiger partial charge in [0.2, 0.25) is 0 Å². The van der Waals surface area contributed by atoms with Gasteiger partial charge in [0.05, 0.1) is 5.56 Å². The van der Waals surface area contributed by atoms with Crippen molar-refractivity contribution in [3.05, 3.63) is 94.5 Å². The summed E-state index contributed by atoms with van der Waals surface area (Å²) < 4.78 is 14.9. The Balaban J connectivity index is 0.000000537. The number of rotatable bonds is 4. The molecule has 0 amide bonds. The normalized spacial score (nSPS) is 10.7. The van der Waals surface area contributed by atoms with Gasteiger partial charge in [-0.15, -0.1) is 0 Å². The third-order valence-electron chi connectivity index (χ3n) is 4.36. The molecule has 0 atom stereocenters. The maximum absolute atomic E-state index is 13.1. The van der Waals surface area contributed by atoms with E-state index >= 15 is 0 Å². The maximum Gasteiger partial charge on any atom is 0.466 e. The smallest absolute Gasteiger partial charge is 0.457 e. The molecule has 3 aromatic rings. The van der Waals surface area contributed by atoms with Crippen LogP contribution in [0.1, 0.15) is 32.6 Å². The zero-order valence-electron chi connectivity index (χ0n) is 16.4. The van der Waals surface area contributed by atoms with Gasteiger partial charge >= 0.3 is 7.82 Å². The van der Waals surface area contributed by atoms with Crippen molar-refractivity contribution < 1.29 is 28.8 Å². The molecule has 0 fully saturated rings. The molecule has 3 rings (SSSR count). The molecule has 0 aliphatic heterocycles. The molecule has 0 saturated heterocycles. The number of aryl methyl sites for hydroxylation is 1. The van der Waals surface area contributed by atoms with E-state index in [-0.39, 0.29) is 5.78 Å². The summed E-state index contributed by atoms with van der Waals surface area (Å²) in [5.74, 6) is 1.32. The van der Waals surface area contributed by atoms with Crippen LogP contribution in [-0.2, 0) is 4.57 Å². The van der Waals surface area contributed by atoms with Crippen LogP contribution in [0.15, 0.2) is 66.7 Å². The number of carbonyl (C=O) groups excluding carboxylic acids is 1. The van der Waals surface area contributed by atoms with Crippen LogP contribution in [0.2, 0.25) is 0 Å². The number of hydrogen-bond acceptors (Lipinski definition) is 3. The predicted molar refractivity (Wildman–Crippen MR) is 111 cm³/mol. The van der Waals surface area contributed by atoms with Crippen LogP contribution in [0.3, 0.4) is 0 Å². The lowest BCUT2D eigenvalue weighted by atomic mass is 9.92. The number of ketones is 1. The molecule has 0 unspecified atom stereocenters. The van der Waals surface area contributed by atoms with E-state index in [2.05, 4.69) is 0 Å². The van der Waals surface area contributed by atoms with Gasteiger partial charge in [-0.05, 0) is 55.7 Å². The minimum absolute atomic E-state index is 0.0119. The lowest BCUT2D eigenvalue weighted by molar-refractivity contribution is 0.103. The van der Waals surface area contributed by atoms with Gasteiger partial charge in [-0.25, -0.2) is 4.57 Å². The van der Waals surface area contributed by atoms with Crippen LogP contribution in [0.25, 0.3) is 0 Å². The fraction of sp³-hybridized carbons (Fsp3) is 0.136. The van der Waals surface area contributed by atoms with Gasteiger partial charge in [0.25, 0.3) is 0 Å². The predicted octanol–water partition coefficient (Wildman–Crippen LogP) is 4.71. The maximum atomic E-state index is 13.1. The van der Waals surface area contributed by atoms with Gasteiger partial charge in [0.1, 0.15) is 11.5 Å². The SMILES string of the molecule is Cc1cc(Oc2ccccc2)c(C(=O)c2ccccc2)c(C)c1C.O=P(O)(O)O. The zero-order chi connectivity index (χ0) is 21.6. The number of para-hydroxylation sites is 1. The summed E-state index contributed by atoms with van der Waals surface area (Å²) in [6.07, 6.45) is 0. The standard InChI is InChI=1S/C22H20O2.H3O4P/c1-15-14-20(24-19-12-8-5-9-13-19)21(17(3)16(15)2)22(23)18-10-6-4-7-11-18;1-5(2,3)4/h4-14H,1-3H3;(H3,1,2,3,4). The van der Waals surface area contributed by atoms with E-state index in [1.54, 1.807) is 0 Å². The highest BCUT2D eigenvalue weighted by molar-refractivity contribution is 7.45. The molecule has 0 spiro atoms. The third kappa shape index (κ3) is 6.66. The summed E-state index contributed by atoms with van der Waals surface area (Å²) in [4.78, 5) is 34.6. The van der Waals surface area contributed by atoms with Gasteiger partial charge in [-0.2, -0.15) is 0 Å². The first kappa shape index (κ1) is 22.5. The molecule has 0 radical (unpaired) electrons. The highest BCUT2D eigenvalue weighted by Crippen LogP contribution is 2.33. The van der Waals surface area contributed by atoms with Crippen molar-refractivity contribution in [1.29, 1.82) is 0 Å². The average molecular weight is 414 g/mol. The van der Waals surface area contributed by atoms with E-state index in [0.717, 1.165) is 22.4 Å². The molecule has 0 bridgehead atoms. The van der Waals surface area contributed by atoms with Gasteiger partial charge in [-0.1, -0.05) is 48.5 Å². The van der Waals surface area contributed by atoms with Crippen LogP contribution in [0.4, 0.5) is 0 Å². The van der Waals surface area contributed by atoms with Crippen LogP contribution in [0.5, 0.6) is 11.5 Å². The number of benzene rings is 3. The van der Waals surface area contributed by atoms with E-state index in [1.165, 1.54) is 0 Å². The summed E-state index contributed by atoms with van der Waals surface area (Å²) in [6, 6.07) is 20.8. The minimum Gasteiger partial charge on any atom is -0.457 e. The Labute approximate surface area is 169 Å². The molecule has 3 N–H and O–H groups in total. The summed E-state index contributed by atoms with van der Waals surface area (Å²) in [7, 11) is -4.64. The molecule has 3 aromatic carbocycles. The topological polar surface area (TPSA) is 104 Å². The zero-order valence-corrected chi connectivity index (χ0v) is 17.3. The molecule has 0 aliphatic carbocycles. The monoisotopic (exact) mass is 414 g/mol. The lowest BCUT2D eigenvalue weighted by Crippen LogP contribution is -2.08. The number of ether oxygens (including phenoxy) is 1. The molecule has 0 heterocycles. The molecular formula is C22H23O6P. The molecule has 7 heteroatoms. The number of phosphoric acid groups is 1. The van der Waals surface area contributed by atoms with Crippen molar-refractivity contribution in [3.63, 3.8) is 0 Å². The van der Waals surface area contributed by atoms with Gasteiger partial charge < -0.3 is 19.4 Å². The van der Waals surface area contributed by atoms with Crippen molar-refractivity contribution in [2.45, 2.75) is 20.8 Å². The van der Waals surface area contributed by atoms with Crippen LogP contribution in [-0.4, -0.2) is 20.5 Å². The van der Waals surface area contributed by atoms with Crippen LogP contribution < -0.4 is 4.74 Å². The van der Waals surface area contributed by atoms with Crippen LogP contribution in [0, 0.1) is 20.8 Å². The second-order valence-electron chi connectivity index (χ2n) is 6.44. The van der Waals surface area contributed by atoms with Crippen molar-refractivity contribution in [2.75, 3.05) is 0 Å². The molecule has 0 saturated carbocycles. The minimum atomic E-state index is -4.64. The Morgan fingerprint density at radius 1 is 0.828 bits per heavy atom. The van der Waals surface area contributed by atoms with Crippen LogP contribution >= 0.6 is 7.82 Å². The Bertz CT molecular complexity index is 1020. The highest BCUT2D eigenvalue weighted by atomic mass is 31.2. The van der Waals surface area contributed by atoms with E-state index in [4.69, 9.17) is 24.0 Å². The van der Waals surface area contributed by atoms with Crippen molar-refractivity contribution >= 4 is 13.6 Å². The number of carbonyl (C=O) groups is 1. The molecule has 0 aromatic heterocycles. The molecule has 6 nitrogen and oxygen atoms in total. The largest absolute Gasteiger partial charge is 0.466 e. The lowest BCUT2D eigenvalue weighted by Gasteiger charge is -2.17. The molecular weight excluding hydrogens is 391 g/mol. The summed E-state index contributed by atoms with van der Waals surface area (Å²) in [5, 5.41) is 0. The summed E-state index contributed by atoms with van der Waals surface area (Å²) >= 11 is 0. The summed E-state index contributed by atoms with van der Waals surface area (Å²) in [5.41, 5.74) is 4.50. The Kier molecular flexibility index (Phi) is 7.48. The Hall–Kier alpha value is -2.76. The quantitative estimate of drug-likeness (QED) is 0.422. The molecule has 152 valence electrons. The average Bonchev–Trinajstić information content (AvgIpc) is 2.66. The Morgan fingerprint density at radius 2 is 1.31 bits per heavy atom. The van der Waals surface area contributed by atoms with Gasteiger partial charge in [-0.3, -0.25) is 4.79 Å². The first-order valence-corrected chi connectivity index (χ1v) is 10.4. The van der Waals surface area contributed by atoms with E-state index in [0.29, 0.717) is 16.9 Å². The molecule has 0 aliphatic rings. The van der Waals surface area contributed by atoms with E-state index < -0.39 is 7.82 Å². The molecule has 29 heavy (non-hydrogen) atoms. The summed E-state index contributed by atoms with van der Waals surface area (Å²) in [6.45, 7) is 6.06. The third-order valence-corrected chi connectivity index (χ3v) is 4.36. The first-order valence-electron chi connectivity index (χ1n) is 8.79. The van der Waals surface area contributed by atoms with Crippen molar-refractivity contribution in [1.82, 2.24) is 0 Å². The fourth-order valence-corrected chi connectivity index (χ4v) is 2.76. The Morgan fingerprint density at radius 3 is 1.83 bits per heavy atom. The van der Waals surface area contributed by atoms with Crippen molar-refractivity contribution in [3.8, 4) is 11.5 Å². The fourth-order valence-electron chi connectivity index (χ4n) is 2.76. The van der Waals surface area contributed by atoms with E-state index in [9.17, 15) is 4.79 Å². The van der Waals surface area contributed by atoms with Crippen molar-refractivity contribution in [2.24, 2.45) is 0 Å². The van der Waals surface area contributed by atoms with Gasteiger partial charge in [0, 0.05) is 5.56 Å². The highest BCUT2D eigenvalue weighted by Gasteiger charge is 2.20. The second kappa shape index (κ2) is 9.63. The van der Waals surface area contributed by atoms with Gasteiger partial charge in [0.15, 0.2) is 5.78 Å².